The van der Waals surface area contributed by atoms with Gasteiger partial charge in [-0.25, -0.2) is 0 Å². The Morgan fingerprint density at radius 3 is 2.90 bits per heavy atom. The minimum Gasteiger partial charge on any atom is -0.344 e. The summed E-state index contributed by atoms with van der Waals surface area (Å²) in [5, 5.41) is 2.93. The molecule has 0 spiro atoms. The number of carbonyl (C=O) groups is 1. The summed E-state index contributed by atoms with van der Waals surface area (Å²) >= 11 is 0. The second kappa shape index (κ2) is 6.78. The lowest BCUT2D eigenvalue weighted by atomic mass is 10.1. The Hall–Kier alpha value is -2.51. The van der Waals surface area contributed by atoms with Crippen LogP contribution in [-0.4, -0.2) is 17.0 Å². The molecule has 0 fully saturated rings. The highest BCUT2D eigenvalue weighted by Crippen LogP contribution is 2.18. The molecule has 0 aliphatic rings. The van der Waals surface area contributed by atoms with Gasteiger partial charge in [-0.2, -0.15) is 0 Å². The van der Waals surface area contributed by atoms with Crippen molar-refractivity contribution in [3.05, 3.63) is 53.3 Å². The van der Waals surface area contributed by atoms with Crippen molar-refractivity contribution in [2.24, 2.45) is 5.73 Å². The van der Waals surface area contributed by atoms with Crippen LogP contribution in [0.2, 0.25) is 0 Å². The molecule has 0 unspecified atom stereocenters. The first kappa shape index (κ1) is 14.9. The highest BCUT2D eigenvalue weighted by Gasteiger charge is 2.12. The molecule has 0 atom stereocenters. The quantitative estimate of drug-likeness (QED) is 0.849. The van der Waals surface area contributed by atoms with Crippen LogP contribution >= 0.6 is 0 Å². The van der Waals surface area contributed by atoms with Gasteiger partial charge in [0.05, 0.1) is 12.2 Å². The third-order valence-corrected chi connectivity index (χ3v) is 3.15. The van der Waals surface area contributed by atoms with Crippen molar-refractivity contribution in [1.29, 1.82) is 0 Å². The van der Waals surface area contributed by atoms with Crippen molar-refractivity contribution in [3.8, 4) is 11.8 Å². The molecule has 21 heavy (non-hydrogen) atoms. The van der Waals surface area contributed by atoms with E-state index in [1.165, 1.54) is 0 Å². The van der Waals surface area contributed by atoms with Crippen molar-refractivity contribution in [1.82, 2.24) is 4.57 Å². The maximum Gasteiger partial charge on any atom is 0.272 e. The predicted molar refractivity (Wildman–Crippen MR) is 85.2 cm³/mol. The number of amides is 1. The molecule has 0 saturated heterocycles. The van der Waals surface area contributed by atoms with E-state index in [-0.39, 0.29) is 5.91 Å². The molecule has 0 bridgehead atoms. The number of hydrogen-bond donors (Lipinski definition) is 2. The van der Waals surface area contributed by atoms with Crippen molar-refractivity contribution in [2.45, 2.75) is 20.4 Å². The number of nitrogens with two attached hydrogens (primary N) is 1. The monoisotopic (exact) mass is 281 g/mol. The molecule has 2 aromatic rings. The Labute approximate surface area is 125 Å². The Morgan fingerprint density at radius 1 is 1.38 bits per heavy atom. The lowest BCUT2D eigenvalue weighted by molar-refractivity contribution is 0.101. The molecule has 0 aliphatic carbocycles. The van der Waals surface area contributed by atoms with Crippen LogP contribution in [0.1, 0.15) is 28.5 Å². The van der Waals surface area contributed by atoms with Gasteiger partial charge in [0.15, 0.2) is 0 Å². The van der Waals surface area contributed by atoms with E-state index in [2.05, 4.69) is 17.2 Å². The molecule has 1 heterocycles. The van der Waals surface area contributed by atoms with E-state index in [4.69, 9.17) is 5.73 Å². The Bertz CT molecular complexity index is 704. The van der Waals surface area contributed by atoms with Gasteiger partial charge in [-0.1, -0.05) is 17.9 Å². The van der Waals surface area contributed by atoms with Crippen molar-refractivity contribution in [3.63, 3.8) is 0 Å². The highest BCUT2D eigenvalue weighted by atomic mass is 16.1. The van der Waals surface area contributed by atoms with Gasteiger partial charge < -0.3 is 15.6 Å². The van der Waals surface area contributed by atoms with Gasteiger partial charge >= 0.3 is 0 Å². The molecule has 108 valence electrons. The van der Waals surface area contributed by atoms with Crippen LogP contribution in [0.5, 0.6) is 0 Å². The topological polar surface area (TPSA) is 60.0 Å². The number of rotatable bonds is 3. The summed E-state index contributed by atoms with van der Waals surface area (Å²) in [6, 6.07) is 9.44. The minimum absolute atomic E-state index is 0.136. The smallest absolute Gasteiger partial charge is 0.272 e. The molecule has 4 heteroatoms. The van der Waals surface area contributed by atoms with Gasteiger partial charge in [-0.3, -0.25) is 4.79 Å². The predicted octanol–water partition coefficient (Wildman–Crippen LogP) is 2.38. The zero-order valence-corrected chi connectivity index (χ0v) is 12.3. The van der Waals surface area contributed by atoms with Gasteiger partial charge in [-0.15, -0.1) is 0 Å². The Balaban J connectivity index is 2.30. The van der Waals surface area contributed by atoms with Crippen LogP contribution in [0.3, 0.4) is 0 Å². The van der Waals surface area contributed by atoms with Gasteiger partial charge in [-0.05, 0) is 43.7 Å². The molecule has 0 aliphatic heterocycles. The number of hydrogen-bond acceptors (Lipinski definition) is 2. The molecular weight excluding hydrogens is 262 g/mol. The zero-order valence-electron chi connectivity index (χ0n) is 12.3. The lowest BCUT2D eigenvalue weighted by Gasteiger charge is -2.10. The summed E-state index contributed by atoms with van der Waals surface area (Å²) in [6.07, 6.45) is 1.89. The van der Waals surface area contributed by atoms with Crippen molar-refractivity contribution >= 4 is 11.6 Å². The summed E-state index contributed by atoms with van der Waals surface area (Å²) in [4.78, 5) is 12.4. The van der Waals surface area contributed by atoms with Gasteiger partial charge in [0.25, 0.3) is 5.91 Å². The summed E-state index contributed by atoms with van der Waals surface area (Å²) in [5.41, 5.74) is 8.59. The summed E-state index contributed by atoms with van der Waals surface area (Å²) in [6.45, 7) is 5.02. The van der Waals surface area contributed by atoms with E-state index < -0.39 is 0 Å². The van der Waals surface area contributed by atoms with Crippen LogP contribution in [0.4, 0.5) is 5.69 Å². The van der Waals surface area contributed by atoms with E-state index in [0.29, 0.717) is 17.9 Å². The second-order valence-corrected chi connectivity index (χ2v) is 4.69. The minimum atomic E-state index is -0.136. The maximum atomic E-state index is 12.4. The SMILES string of the molecule is CCn1cccc1C(=O)Nc1cc(C)ccc1C#CCN. The Morgan fingerprint density at radius 2 is 2.19 bits per heavy atom. The van der Waals surface area contributed by atoms with E-state index in [0.717, 1.165) is 17.7 Å². The number of benzene rings is 1. The van der Waals surface area contributed by atoms with Crippen molar-refractivity contribution < 1.29 is 4.79 Å². The summed E-state index contributed by atoms with van der Waals surface area (Å²) < 4.78 is 1.90. The molecule has 3 N–H and O–H groups in total. The zero-order chi connectivity index (χ0) is 15.2. The van der Waals surface area contributed by atoms with E-state index in [1.807, 2.05) is 48.9 Å². The van der Waals surface area contributed by atoms with Crippen LogP contribution in [0.25, 0.3) is 0 Å². The van der Waals surface area contributed by atoms with Crippen LogP contribution in [0, 0.1) is 18.8 Å². The third kappa shape index (κ3) is 3.53. The number of anilines is 1. The fourth-order valence-electron chi connectivity index (χ4n) is 2.10. The second-order valence-electron chi connectivity index (χ2n) is 4.69. The molecule has 1 amide bonds. The van der Waals surface area contributed by atoms with Crippen LogP contribution in [-0.2, 0) is 6.54 Å². The van der Waals surface area contributed by atoms with Gasteiger partial charge in [0, 0.05) is 18.3 Å². The normalized spacial score (nSPS) is 9.86. The number of nitrogens with one attached hydrogen (secondary N) is 1. The first-order valence-electron chi connectivity index (χ1n) is 6.91. The van der Waals surface area contributed by atoms with Crippen LogP contribution < -0.4 is 11.1 Å². The molecule has 2 rings (SSSR count). The molecule has 1 aromatic heterocycles. The summed E-state index contributed by atoms with van der Waals surface area (Å²) in [5.74, 6) is 5.66. The molecule has 0 saturated carbocycles. The third-order valence-electron chi connectivity index (χ3n) is 3.15. The van der Waals surface area contributed by atoms with E-state index >= 15 is 0 Å². The fraction of sp³-hybridized carbons (Fsp3) is 0.235. The number of carbonyl (C=O) groups excluding carboxylic acids is 1. The van der Waals surface area contributed by atoms with Gasteiger partial charge in [0.1, 0.15) is 5.69 Å². The van der Waals surface area contributed by atoms with Crippen molar-refractivity contribution in [2.75, 3.05) is 11.9 Å². The highest BCUT2D eigenvalue weighted by molar-refractivity contribution is 6.04. The number of nitrogens with zero attached hydrogens (tertiary/aromatic N) is 1. The molecular formula is C17H19N3O. The van der Waals surface area contributed by atoms with E-state index in [1.54, 1.807) is 6.07 Å². The first-order valence-corrected chi connectivity index (χ1v) is 6.91. The van der Waals surface area contributed by atoms with Crippen LogP contribution in [0.15, 0.2) is 36.5 Å². The Kier molecular flexibility index (Phi) is 4.81. The lowest BCUT2D eigenvalue weighted by Crippen LogP contribution is -2.17. The van der Waals surface area contributed by atoms with Gasteiger partial charge in [0.2, 0.25) is 0 Å². The molecule has 4 nitrogen and oxygen atoms in total. The fourth-order valence-corrected chi connectivity index (χ4v) is 2.10. The average Bonchev–Trinajstić information content (AvgIpc) is 2.95. The van der Waals surface area contributed by atoms with E-state index in [9.17, 15) is 4.79 Å². The number of aromatic nitrogens is 1. The maximum absolute atomic E-state index is 12.4. The molecule has 1 aromatic carbocycles. The molecule has 0 radical (unpaired) electrons. The standard InChI is InChI=1S/C17H19N3O/c1-3-20-11-5-7-16(20)17(21)19-15-12-13(2)8-9-14(15)6-4-10-18/h5,7-9,11-12H,3,10,18H2,1-2H3,(H,19,21). The number of aryl methyl sites for hydroxylation is 2. The largest absolute Gasteiger partial charge is 0.344 e. The average molecular weight is 281 g/mol. The first-order chi connectivity index (χ1) is 10.2. The summed E-state index contributed by atoms with van der Waals surface area (Å²) in [7, 11) is 0.